The molecule has 14 nitrogen and oxygen atoms in total. The Morgan fingerprint density at radius 2 is 1.59 bits per heavy atom. The lowest BCUT2D eigenvalue weighted by atomic mass is 10.00. The van der Waals surface area contributed by atoms with Gasteiger partial charge in [0.25, 0.3) is 0 Å². The van der Waals surface area contributed by atoms with Gasteiger partial charge in [-0.15, -0.1) is 0 Å². The highest BCUT2D eigenvalue weighted by Crippen LogP contribution is 2.23. The highest BCUT2D eigenvalue weighted by molar-refractivity contribution is 5.98. The number of esters is 1. The van der Waals surface area contributed by atoms with Gasteiger partial charge in [-0.2, -0.15) is 0 Å². The van der Waals surface area contributed by atoms with Crippen molar-refractivity contribution >= 4 is 41.4 Å². The molecule has 0 aromatic heterocycles. The van der Waals surface area contributed by atoms with Crippen LogP contribution in [-0.2, 0) is 44.7 Å². The molecule has 0 spiro atoms. The van der Waals surface area contributed by atoms with Crippen LogP contribution in [0, 0.1) is 6.92 Å². The molecule has 0 bridgehead atoms. The maximum absolute atomic E-state index is 14.3. The molecule has 0 aliphatic carbocycles. The molecule has 3 heterocycles. The maximum atomic E-state index is 14.3. The number of rotatable bonds is 12. The van der Waals surface area contributed by atoms with E-state index in [2.05, 4.69) is 22.9 Å². The molecule has 6 amide bonds. The first kappa shape index (κ1) is 42.0. The number of unbranched alkanes of at least 4 members (excludes halogenated alkanes) is 5. The predicted octanol–water partition coefficient (Wildman–Crippen LogP) is 2.31. The van der Waals surface area contributed by atoms with Crippen LogP contribution in [0.1, 0.15) is 96.1 Å². The largest absolute Gasteiger partial charge is 0.461 e. The number of fused-ring (bicyclic) bond motifs is 2. The number of hydrogen-bond acceptors (Lipinski definition) is 8. The van der Waals surface area contributed by atoms with Crippen LogP contribution in [0.25, 0.3) is 0 Å². The van der Waals surface area contributed by atoms with Crippen LogP contribution >= 0.6 is 0 Å². The number of likely N-dealkylation sites (N-methyl/N-ethyl adjacent to an activating group) is 1. The van der Waals surface area contributed by atoms with Gasteiger partial charge in [0.15, 0.2) is 0 Å². The third-order valence-corrected chi connectivity index (χ3v) is 10.7. The van der Waals surface area contributed by atoms with Crippen molar-refractivity contribution in [1.29, 1.82) is 0 Å². The van der Waals surface area contributed by atoms with E-state index in [0.29, 0.717) is 25.7 Å². The van der Waals surface area contributed by atoms with Gasteiger partial charge in [-0.3, -0.25) is 28.8 Å². The summed E-state index contributed by atoms with van der Waals surface area (Å²) in [5, 5.41) is 8.22. The van der Waals surface area contributed by atoms with Gasteiger partial charge < -0.3 is 35.4 Å². The van der Waals surface area contributed by atoms with Crippen LogP contribution in [0.2, 0.25) is 0 Å². The molecular formula is C40H58N6O8. The summed E-state index contributed by atoms with van der Waals surface area (Å²) in [6.07, 6.45) is 11.2. The molecular weight excluding hydrogens is 692 g/mol. The first-order valence-corrected chi connectivity index (χ1v) is 19.5. The van der Waals surface area contributed by atoms with Crippen molar-refractivity contribution in [2.75, 3.05) is 26.7 Å². The Morgan fingerprint density at radius 3 is 2.30 bits per heavy atom. The third-order valence-electron chi connectivity index (χ3n) is 10.7. The number of nitrogens with one attached hydrogen (secondary N) is 3. The van der Waals surface area contributed by atoms with E-state index in [1.807, 2.05) is 31.2 Å². The average Bonchev–Trinajstić information content (AvgIpc) is 3.85. The maximum Gasteiger partial charge on any atom is 0.328 e. The second-order valence-corrected chi connectivity index (χ2v) is 14.7. The van der Waals surface area contributed by atoms with Gasteiger partial charge in [-0.25, -0.2) is 4.79 Å². The topological polar surface area (TPSA) is 175 Å². The van der Waals surface area contributed by atoms with Gasteiger partial charge in [-0.1, -0.05) is 62.9 Å². The van der Waals surface area contributed by atoms with Crippen LogP contribution in [0.15, 0.2) is 36.4 Å². The zero-order chi connectivity index (χ0) is 39.4. The lowest BCUT2D eigenvalue weighted by Crippen LogP contribution is -2.60. The molecule has 4 rings (SSSR count). The van der Waals surface area contributed by atoms with Crippen molar-refractivity contribution in [3.63, 3.8) is 0 Å². The van der Waals surface area contributed by atoms with Gasteiger partial charge in [0.1, 0.15) is 42.9 Å². The Balaban J connectivity index is 1.61. The summed E-state index contributed by atoms with van der Waals surface area (Å²) in [5.74, 6) is -4.01. The quantitative estimate of drug-likeness (QED) is 0.166. The number of benzene rings is 1. The molecule has 1 aromatic carbocycles. The van der Waals surface area contributed by atoms with Crippen molar-refractivity contribution in [1.82, 2.24) is 30.7 Å². The van der Waals surface area contributed by atoms with E-state index in [1.54, 1.807) is 13.0 Å². The predicted molar refractivity (Wildman–Crippen MR) is 202 cm³/mol. The Labute approximate surface area is 318 Å². The standard InChI is InChI=1S/C40H58N6O8/c1-6-7-8-9-10-11-12-21-34(47)42-30(24-29-18-14-13-17-26(29)2)36(49)43-31-25-54-40(53)33-20-16-23-46(33)37(50)27(3)41-35(48)28(4)44(5)39(52)32-19-15-22-45(32)38(31)51/h12-14,17-18,21,27-28,30-33H,6-11,15-16,19-20,22-25H2,1-5H3,(H,41,48)(H,42,47)(H,43,49)/b21-12+/t27-,28-,30-,31-,32-,33-/m0/s1. The third kappa shape index (κ3) is 10.9. The molecule has 3 aliphatic heterocycles. The second-order valence-electron chi connectivity index (χ2n) is 14.7. The monoisotopic (exact) mass is 750 g/mol. The lowest BCUT2D eigenvalue weighted by Gasteiger charge is -2.34. The Hall–Kier alpha value is -4.75. The molecule has 296 valence electrons. The number of carbonyl (C=O) groups is 7. The van der Waals surface area contributed by atoms with Crippen molar-refractivity contribution in [2.24, 2.45) is 0 Å². The number of cyclic esters (lactones) is 1. The molecule has 3 fully saturated rings. The van der Waals surface area contributed by atoms with Crippen LogP contribution in [0.3, 0.4) is 0 Å². The van der Waals surface area contributed by atoms with Gasteiger partial charge in [-0.05, 0) is 76.5 Å². The van der Waals surface area contributed by atoms with Crippen LogP contribution in [0.5, 0.6) is 0 Å². The summed E-state index contributed by atoms with van der Waals surface area (Å²) in [4.78, 5) is 99.5. The zero-order valence-corrected chi connectivity index (χ0v) is 32.4. The van der Waals surface area contributed by atoms with Crippen molar-refractivity contribution < 1.29 is 38.3 Å². The summed E-state index contributed by atoms with van der Waals surface area (Å²) in [7, 11) is 1.47. The minimum atomic E-state index is -1.41. The van der Waals surface area contributed by atoms with Crippen molar-refractivity contribution in [2.45, 2.75) is 135 Å². The normalized spacial score (nSPS) is 24.9. The molecule has 1 aromatic rings. The summed E-state index contributed by atoms with van der Waals surface area (Å²) in [5.41, 5.74) is 1.73. The molecule has 0 saturated carbocycles. The van der Waals surface area contributed by atoms with Gasteiger partial charge >= 0.3 is 5.97 Å². The van der Waals surface area contributed by atoms with Crippen LogP contribution in [0.4, 0.5) is 0 Å². The smallest absolute Gasteiger partial charge is 0.328 e. The molecule has 6 atom stereocenters. The number of amides is 6. The number of hydrogen-bond donors (Lipinski definition) is 3. The van der Waals surface area contributed by atoms with E-state index in [4.69, 9.17) is 4.74 Å². The molecule has 54 heavy (non-hydrogen) atoms. The fourth-order valence-electron chi connectivity index (χ4n) is 7.26. The van der Waals surface area contributed by atoms with Crippen LogP contribution < -0.4 is 16.0 Å². The van der Waals surface area contributed by atoms with E-state index in [1.165, 1.54) is 41.2 Å². The van der Waals surface area contributed by atoms with E-state index >= 15 is 0 Å². The van der Waals surface area contributed by atoms with Gasteiger partial charge in [0, 0.05) is 26.6 Å². The average molecular weight is 751 g/mol. The molecule has 3 aliphatic rings. The van der Waals surface area contributed by atoms with Gasteiger partial charge in [0.05, 0.1) is 0 Å². The van der Waals surface area contributed by atoms with E-state index in [9.17, 15) is 33.6 Å². The summed E-state index contributed by atoms with van der Waals surface area (Å²) < 4.78 is 5.68. The van der Waals surface area contributed by atoms with E-state index < -0.39 is 84.3 Å². The number of carbonyl (C=O) groups excluding carboxylic acids is 7. The van der Waals surface area contributed by atoms with Crippen molar-refractivity contribution in [3.8, 4) is 0 Å². The highest BCUT2D eigenvalue weighted by Gasteiger charge is 2.43. The molecule has 3 saturated heterocycles. The van der Waals surface area contributed by atoms with Crippen LogP contribution in [-0.4, -0.2) is 119 Å². The first-order valence-electron chi connectivity index (χ1n) is 19.5. The molecule has 14 heteroatoms. The van der Waals surface area contributed by atoms with E-state index in [0.717, 1.165) is 43.2 Å². The summed E-state index contributed by atoms with van der Waals surface area (Å²) >= 11 is 0. The fraction of sp³-hybridized carbons (Fsp3) is 0.625. The minimum absolute atomic E-state index is 0.128. The molecule has 0 radical (unpaired) electrons. The first-order chi connectivity index (χ1) is 25.8. The number of nitrogens with zero attached hydrogens (tertiary/aromatic N) is 3. The fourth-order valence-corrected chi connectivity index (χ4v) is 7.26. The summed E-state index contributed by atoms with van der Waals surface area (Å²) in [6, 6.07) is 1.17. The molecule has 3 N–H and O–H groups in total. The minimum Gasteiger partial charge on any atom is -0.461 e. The highest BCUT2D eigenvalue weighted by atomic mass is 16.5. The SMILES string of the molecule is CCCCCCC/C=C/C(=O)N[C@@H](Cc1ccccc1C)C(=O)N[C@H]1COC(=O)[C@@H]2CCCN2C(=O)[C@H](C)NC(=O)[C@H](C)N(C)C(=O)[C@@H]2CCCN2C1=O. The zero-order valence-electron chi connectivity index (χ0n) is 32.4. The number of ether oxygens (including phenoxy) is 1. The summed E-state index contributed by atoms with van der Waals surface area (Å²) in [6.45, 7) is 7.05. The molecule has 0 unspecified atom stereocenters. The Bertz CT molecular complexity index is 1560. The Morgan fingerprint density at radius 1 is 0.926 bits per heavy atom. The van der Waals surface area contributed by atoms with E-state index in [-0.39, 0.29) is 19.5 Å². The Kier molecular flexibility index (Phi) is 15.6. The number of aryl methyl sites for hydroxylation is 1. The van der Waals surface area contributed by atoms with Crippen molar-refractivity contribution in [3.05, 3.63) is 47.5 Å². The second kappa shape index (κ2) is 20.1. The lowest BCUT2D eigenvalue weighted by molar-refractivity contribution is -0.158. The number of allylic oxidation sites excluding steroid dienone is 1. The van der Waals surface area contributed by atoms with Gasteiger partial charge in [0.2, 0.25) is 35.4 Å².